The lowest BCUT2D eigenvalue weighted by atomic mass is 9.87. The highest BCUT2D eigenvalue weighted by Gasteiger charge is 2.20. The third kappa shape index (κ3) is 3.73. The first-order chi connectivity index (χ1) is 8.66. The van der Waals surface area contributed by atoms with Crippen LogP contribution in [0.15, 0.2) is 24.3 Å². The van der Waals surface area contributed by atoms with Gasteiger partial charge in [0.25, 0.3) is 0 Å². The molecule has 100 valence electrons. The summed E-state index contributed by atoms with van der Waals surface area (Å²) in [6.07, 6.45) is 4.14. The monoisotopic (exact) mass is 265 g/mol. The minimum Gasteiger partial charge on any atom is -0.303 e. The van der Waals surface area contributed by atoms with Gasteiger partial charge < -0.3 is 4.90 Å². The van der Waals surface area contributed by atoms with Gasteiger partial charge in [-0.1, -0.05) is 44.0 Å². The average Bonchev–Trinajstić information content (AvgIpc) is 2.38. The Bertz CT molecular complexity index is 352. The molecule has 0 spiro atoms. The molecule has 1 heterocycles. The number of piperidine rings is 1. The van der Waals surface area contributed by atoms with E-state index in [0.717, 1.165) is 5.02 Å². The number of benzene rings is 1. The lowest BCUT2D eigenvalue weighted by Gasteiger charge is -2.32. The van der Waals surface area contributed by atoms with Crippen LogP contribution in [0.25, 0.3) is 0 Å². The Kier molecular flexibility index (Phi) is 5.08. The minimum atomic E-state index is 0.625. The van der Waals surface area contributed by atoms with Gasteiger partial charge in [0.05, 0.1) is 0 Å². The Labute approximate surface area is 116 Å². The summed E-state index contributed by atoms with van der Waals surface area (Å²) in [6.45, 7) is 8.39. The predicted molar refractivity (Wildman–Crippen MR) is 79.3 cm³/mol. The Morgan fingerprint density at radius 2 is 1.67 bits per heavy atom. The van der Waals surface area contributed by atoms with Gasteiger partial charge >= 0.3 is 0 Å². The topological polar surface area (TPSA) is 3.24 Å². The summed E-state index contributed by atoms with van der Waals surface area (Å²) in [5, 5.41) is 0.833. The maximum absolute atomic E-state index is 5.98. The van der Waals surface area contributed by atoms with E-state index in [1.165, 1.54) is 44.5 Å². The Balaban J connectivity index is 2.05. The molecule has 1 aromatic carbocycles. The molecule has 0 aromatic heterocycles. The highest BCUT2D eigenvalue weighted by atomic mass is 35.5. The Hall–Kier alpha value is -0.530. The zero-order chi connectivity index (χ0) is 13.0. The first-order valence-corrected chi connectivity index (χ1v) is 7.52. The van der Waals surface area contributed by atoms with Gasteiger partial charge in [0.15, 0.2) is 0 Å². The van der Waals surface area contributed by atoms with Crippen LogP contribution < -0.4 is 0 Å². The fraction of sp³-hybridized carbons (Fsp3) is 0.625. The second kappa shape index (κ2) is 6.58. The van der Waals surface area contributed by atoms with Crippen LogP contribution in [0.2, 0.25) is 5.02 Å². The molecule has 2 rings (SSSR count). The van der Waals surface area contributed by atoms with Gasteiger partial charge in [-0.3, -0.25) is 0 Å². The smallest absolute Gasteiger partial charge is 0.0406 e. The molecule has 1 nitrogen and oxygen atoms in total. The SMILES string of the molecule is CC(C)C(CN1CCCCC1)c1ccc(Cl)cc1. The van der Waals surface area contributed by atoms with Gasteiger partial charge in [-0.05, 0) is 55.5 Å². The molecule has 1 aliphatic rings. The van der Waals surface area contributed by atoms with Gasteiger partial charge in [-0.15, -0.1) is 0 Å². The molecule has 1 saturated heterocycles. The molecule has 1 aliphatic heterocycles. The Morgan fingerprint density at radius 1 is 1.06 bits per heavy atom. The summed E-state index contributed by atoms with van der Waals surface area (Å²) in [4.78, 5) is 2.63. The fourth-order valence-electron chi connectivity index (χ4n) is 2.83. The van der Waals surface area contributed by atoms with E-state index in [1.54, 1.807) is 0 Å². The van der Waals surface area contributed by atoms with Crippen molar-refractivity contribution in [1.82, 2.24) is 4.90 Å². The van der Waals surface area contributed by atoms with Crippen LogP contribution in [0.1, 0.15) is 44.6 Å². The van der Waals surface area contributed by atoms with Crippen molar-refractivity contribution in [3.05, 3.63) is 34.9 Å². The minimum absolute atomic E-state index is 0.625. The van der Waals surface area contributed by atoms with Gasteiger partial charge in [0.2, 0.25) is 0 Å². The van der Waals surface area contributed by atoms with E-state index in [2.05, 4.69) is 30.9 Å². The van der Waals surface area contributed by atoms with Crippen LogP contribution in [0.3, 0.4) is 0 Å². The van der Waals surface area contributed by atoms with Crippen molar-refractivity contribution in [3.8, 4) is 0 Å². The molecular weight excluding hydrogens is 242 g/mol. The molecule has 18 heavy (non-hydrogen) atoms. The summed E-state index contributed by atoms with van der Waals surface area (Å²) < 4.78 is 0. The van der Waals surface area contributed by atoms with Gasteiger partial charge in [-0.2, -0.15) is 0 Å². The van der Waals surface area contributed by atoms with Crippen molar-refractivity contribution in [1.29, 1.82) is 0 Å². The maximum Gasteiger partial charge on any atom is 0.0406 e. The van der Waals surface area contributed by atoms with Crippen molar-refractivity contribution in [3.63, 3.8) is 0 Å². The van der Waals surface area contributed by atoms with E-state index in [0.29, 0.717) is 11.8 Å². The summed E-state index contributed by atoms with van der Waals surface area (Å²) in [6, 6.07) is 8.42. The Morgan fingerprint density at radius 3 is 2.22 bits per heavy atom. The van der Waals surface area contributed by atoms with E-state index in [-0.39, 0.29) is 0 Å². The molecule has 1 aromatic rings. The molecule has 2 heteroatoms. The fourth-order valence-corrected chi connectivity index (χ4v) is 2.96. The molecule has 0 aliphatic carbocycles. The van der Waals surface area contributed by atoms with E-state index < -0.39 is 0 Å². The van der Waals surface area contributed by atoms with Crippen molar-refractivity contribution in [2.45, 2.75) is 39.0 Å². The van der Waals surface area contributed by atoms with E-state index in [4.69, 9.17) is 11.6 Å². The lowest BCUT2D eigenvalue weighted by Crippen LogP contribution is -2.34. The van der Waals surface area contributed by atoms with Gasteiger partial charge in [0.1, 0.15) is 0 Å². The van der Waals surface area contributed by atoms with Crippen LogP contribution in [0, 0.1) is 5.92 Å². The number of halogens is 1. The summed E-state index contributed by atoms with van der Waals surface area (Å²) in [5.41, 5.74) is 1.43. The van der Waals surface area contributed by atoms with Gasteiger partial charge in [-0.25, -0.2) is 0 Å². The molecule has 0 saturated carbocycles. The second-order valence-electron chi connectivity index (χ2n) is 5.76. The molecule has 1 atom stereocenters. The number of likely N-dealkylation sites (tertiary alicyclic amines) is 1. The summed E-state index contributed by atoms with van der Waals surface area (Å²) in [7, 11) is 0. The van der Waals surface area contributed by atoms with Crippen LogP contribution in [-0.2, 0) is 0 Å². The summed E-state index contributed by atoms with van der Waals surface area (Å²) >= 11 is 5.98. The molecule has 0 amide bonds. The van der Waals surface area contributed by atoms with Crippen LogP contribution in [0.5, 0.6) is 0 Å². The molecule has 0 radical (unpaired) electrons. The largest absolute Gasteiger partial charge is 0.303 e. The first-order valence-electron chi connectivity index (χ1n) is 7.14. The molecule has 1 unspecified atom stereocenters. The first kappa shape index (κ1) is 13.9. The van der Waals surface area contributed by atoms with E-state index >= 15 is 0 Å². The van der Waals surface area contributed by atoms with E-state index in [9.17, 15) is 0 Å². The summed E-state index contributed by atoms with van der Waals surface area (Å²) in [5.74, 6) is 1.30. The van der Waals surface area contributed by atoms with Crippen LogP contribution >= 0.6 is 11.6 Å². The number of rotatable bonds is 4. The van der Waals surface area contributed by atoms with Crippen molar-refractivity contribution in [2.75, 3.05) is 19.6 Å². The zero-order valence-corrected chi connectivity index (χ0v) is 12.3. The van der Waals surface area contributed by atoms with Crippen LogP contribution in [-0.4, -0.2) is 24.5 Å². The molecule has 1 fully saturated rings. The van der Waals surface area contributed by atoms with Gasteiger partial charge in [0, 0.05) is 11.6 Å². The standard InChI is InChI=1S/C16H24ClN/c1-13(2)16(12-18-10-4-3-5-11-18)14-6-8-15(17)9-7-14/h6-9,13,16H,3-5,10-12H2,1-2H3. The second-order valence-corrected chi connectivity index (χ2v) is 6.20. The quantitative estimate of drug-likeness (QED) is 0.771. The molecule has 0 N–H and O–H groups in total. The number of nitrogens with zero attached hydrogens (tertiary/aromatic N) is 1. The highest BCUT2D eigenvalue weighted by Crippen LogP contribution is 2.27. The van der Waals surface area contributed by atoms with Crippen molar-refractivity contribution >= 4 is 11.6 Å². The van der Waals surface area contributed by atoms with E-state index in [1.807, 2.05) is 12.1 Å². The normalized spacial score (nSPS) is 19.1. The molecular formula is C16H24ClN. The van der Waals surface area contributed by atoms with Crippen LogP contribution in [0.4, 0.5) is 0 Å². The third-order valence-electron chi connectivity index (χ3n) is 4.01. The maximum atomic E-state index is 5.98. The van der Waals surface area contributed by atoms with Crippen molar-refractivity contribution in [2.24, 2.45) is 5.92 Å². The lowest BCUT2D eigenvalue weighted by molar-refractivity contribution is 0.201. The third-order valence-corrected chi connectivity index (χ3v) is 4.26. The predicted octanol–water partition coefficient (Wildman–Crippen LogP) is 4.57. The zero-order valence-electron chi connectivity index (χ0n) is 11.5. The molecule has 0 bridgehead atoms. The van der Waals surface area contributed by atoms with Crippen molar-refractivity contribution < 1.29 is 0 Å². The average molecular weight is 266 g/mol. The highest BCUT2D eigenvalue weighted by molar-refractivity contribution is 6.30. The number of hydrogen-bond acceptors (Lipinski definition) is 1. The number of hydrogen-bond donors (Lipinski definition) is 0.